The number of nitrogens with two attached hydrogens (primary N) is 1. The van der Waals surface area contributed by atoms with Crippen molar-refractivity contribution in [2.45, 2.75) is 38.8 Å². The number of aromatic nitrogens is 1. The number of piperidine rings is 1. The molecule has 2 N–H and O–H groups in total. The highest BCUT2D eigenvalue weighted by Crippen LogP contribution is 2.47. The molecule has 0 unspecified atom stereocenters. The molecule has 1 saturated heterocycles. The third-order valence-electron chi connectivity index (χ3n) is 6.57. The van der Waals surface area contributed by atoms with Crippen molar-refractivity contribution in [3.63, 3.8) is 0 Å². The summed E-state index contributed by atoms with van der Waals surface area (Å²) in [5.74, 6) is 0.321. The molecule has 2 atom stereocenters. The van der Waals surface area contributed by atoms with Gasteiger partial charge in [-0.2, -0.15) is 0 Å². The van der Waals surface area contributed by atoms with Gasteiger partial charge in [-0.05, 0) is 57.1 Å². The highest BCUT2D eigenvalue weighted by atomic mass is 32.1. The zero-order valence-corrected chi connectivity index (χ0v) is 19.3. The molecule has 0 aliphatic carbocycles. The molecule has 5 rings (SSSR count). The predicted molar refractivity (Wildman–Crippen MR) is 126 cm³/mol. The number of fused-ring (bicyclic) bond motifs is 4. The fourth-order valence-electron chi connectivity index (χ4n) is 5.22. The van der Waals surface area contributed by atoms with Crippen LogP contribution < -0.4 is 10.6 Å². The van der Waals surface area contributed by atoms with Gasteiger partial charge in [0, 0.05) is 42.4 Å². The van der Waals surface area contributed by atoms with Crippen molar-refractivity contribution < 1.29 is 9.53 Å². The molecule has 1 aromatic carbocycles. The first-order valence-corrected chi connectivity index (χ1v) is 11.5. The van der Waals surface area contributed by atoms with E-state index in [9.17, 15) is 4.79 Å². The third-order valence-corrected chi connectivity index (χ3v) is 7.66. The quantitative estimate of drug-likeness (QED) is 0.670. The zero-order valence-electron chi connectivity index (χ0n) is 18.4. The number of carbonyl (C=O) groups excluding carboxylic acids is 1. The van der Waals surface area contributed by atoms with E-state index in [4.69, 9.17) is 10.5 Å². The summed E-state index contributed by atoms with van der Waals surface area (Å²) in [4.78, 5) is 24.4. The number of likely N-dealkylation sites (tertiary alicyclic amines) is 1. The molecule has 0 saturated carbocycles. The summed E-state index contributed by atoms with van der Waals surface area (Å²) < 4.78 is 5.38. The van der Waals surface area contributed by atoms with Crippen molar-refractivity contribution in [3.8, 4) is 0 Å². The number of anilines is 2. The maximum atomic E-state index is 14.0. The van der Waals surface area contributed by atoms with Crippen molar-refractivity contribution in [1.82, 2.24) is 9.88 Å². The number of hydrogen-bond donors (Lipinski definition) is 1. The molecule has 4 heterocycles. The van der Waals surface area contributed by atoms with Crippen LogP contribution in [0.2, 0.25) is 0 Å². The van der Waals surface area contributed by atoms with Gasteiger partial charge in [-0.3, -0.25) is 4.79 Å². The molecule has 0 spiro atoms. The van der Waals surface area contributed by atoms with Crippen molar-refractivity contribution in [3.05, 3.63) is 51.5 Å². The Bertz CT molecular complexity index is 1190. The van der Waals surface area contributed by atoms with Crippen LogP contribution in [0.3, 0.4) is 0 Å². The fraction of sp³-hybridized carbons (Fsp3) is 0.417. The lowest BCUT2D eigenvalue weighted by atomic mass is 9.89. The number of methoxy groups -OCH3 is 1. The lowest BCUT2D eigenvalue weighted by molar-refractivity contribution is 0.0969. The van der Waals surface area contributed by atoms with Gasteiger partial charge in [0.1, 0.15) is 9.71 Å². The summed E-state index contributed by atoms with van der Waals surface area (Å²) in [6, 6.07) is 8.59. The van der Waals surface area contributed by atoms with E-state index in [2.05, 4.69) is 42.1 Å². The maximum absolute atomic E-state index is 14.0. The molecule has 6 nitrogen and oxygen atoms in total. The van der Waals surface area contributed by atoms with Crippen molar-refractivity contribution in [2.24, 2.45) is 0 Å². The lowest BCUT2D eigenvalue weighted by Crippen LogP contribution is -2.47. The van der Waals surface area contributed by atoms with E-state index >= 15 is 0 Å². The van der Waals surface area contributed by atoms with Crippen LogP contribution in [0.1, 0.15) is 44.4 Å². The SMILES string of the molecule is COCc1cc(C)nc2sc(C(=O)N3c4ccc(C)cc4[C@@H]4CN(C)CC[C@H]43)c(N)c12. The second-order valence-corrected chi connectivity index (χ2v) is 9.84. The second kappa shape index (κ2) is 7.58. The summed E-state index contributed by atoms with van der Waals surface area (Å²) in [7, 11) is 3.82. The predicted octanol–water partition coefficient (Wildman–Crippen LogP) is 4.09. The van der Waals surface area contributed by atoms with E-state index < -0.39 is 0 Å². The summed E-state index contributed by atoms with van der Waals surface area (Å²) >= 11 is 1.40. The van der Waals surface area contributed by atoms with Gasteiger partial charge in [-0.1, -0.05) is 17.7 Å². The Labute approximate surface area is 186 Å². The normalized spacial score (nSPS) is 20.8. The van der Waals surface area contributed by atoms with Gasteiger partial charge in [0.2, 0.25) is 0 Å². The fourth-order valence-corrected chi connectivity index (χ4v) is 6.34. The third kappa shape index (κ3) is 3.23. The molecule has 3 aromatic rings. The van der Waals surface area contributed by atoms with E-state index in [1.165, 1.54) is 22.5 Å². The number of amides is 1. The van der Waals surface area contributed by atoms with Gasteiger partial charge in [0.05, 0.1) is 12.3 Å². The van der Waals surface area contributed by atoms with Gasteiger partial charge < -0.3 is 20.3 Å². The summed E-state index contributed by atoms with van der Waals surface area (Å²) in [5.41, 5.74) is 12.5. The number of benzene rings is 1. The van der Waals surface area contributed by atoms with Crippen LogP contribution in [0.25, 0.3) is 10.2 Å². The minimum atomic E-state index is -0.0105. The van der Waals surface area contributed by atoms with Crippen molar-refractivity contribution in [1.29, 1.82) is 0 Å². The number of nitrogen functional groups attached to an aromatic ring is 1. The van der Waals surface area contributed by atoms with E-state index in [1.54, 1.807) is 7.11 Å². The minimum absolute atomic E-state index is 0.0105. The first-order valence-electron chi connectivity index (χ1n) is 10.7. The number of nitrogens with zero attached hydrogens (tertiary/aromatic N) is 3. The van der Waals surface area contributed by atoms with Crippen LogP contribution in [0.15, 0.2) is 24.3 Å². The Hall–Kier alpha value is -2.48. The Morgan fingerprint density at radius 3 is 2.90 bits per heavy atom. The van der Waals surface area contributed by atoms with Crippen LogP contribution in [-0.2, 0) is 11.3 Å². The molecule has 0 bridgehead atoms. The summed E-state index contributed by atoms with van der Waals surface area (Å²) in [5, 5.41) is 0.851. The molecule has 1 fully saturated rings. The number of likely N-dealkylation sites (N-methyl/N-ethyl adjacent to an activating group) is 1. The Morgan fingerprint density at radius 2 is 2.13 bits per heavy atom. The minimum Gasteiger partial charge on any atom is -0.397 e. The number of pyridine rings is 1. The first kappa shape index (κ1) is 20.4. The molecule has 2 aliphatic rings. The second-order valence-electron chi connectivity index (χ2n) is 8.84. The molecule has 0 radical (unpaired) electrons. The molecular formula is C24H28N4O2S. The van der Waals surface area contributed by atoms with Crippen LogP contribution >= 0.6 is 11.3 Å². The largest absolute Gasteiger partial charge is 0.397 e. The number of carbonyl (C=O) groups is 1. The molecule has 1 amide bonds. The van der Waals surface area contributed by atoms with Crippen LogP contribution in [0, 0.1) is 13.8 Å². The number of aryl methyl sites for hydroxylation is 2. The van der Waals surface area contributed by atoms with E-state index in [0.29, 0.717) is 23.1 Å². The molecule has 31 heavy (non-hydrogen) atoms. The number of rotatable bonds is 3. The average Bonchev–Trinajstić information content (AvgIpc) is 3.22. The smallest absolute Gasteiger partial charge is 0.270 e. The monoisotopic (exact) mass is 436 g/mol. The number of hydrogen-bond acceptors (Lipinski definition) is 6. The summed E-state index contributed by atoms with van der Waals surface area (Å²) in [6.45, 7) is 6.46. The number of ether oxygens (including phenoxy) is 1. The van der Waals surface area contributed by atoms with E-state index in [0.717, 1.165) is 46.7 Å². The lowest BCUT2D eigenvalue weighted by Gasteiger charge is -2.36. The molecule has 2 aromatic heterocycles. The number of thiophene rings is 1. The first-order chi connectivity index (χ1) is 14.9. The molecule has 162 valence electrons. The van der Waals surface area contributed by atoms with Gasteiger partial charge >= 0.3 is 0 Å². The average molecular weight is 437 g/mol. The van der Waals surface area contributed by atoms with Gasteiger partial charge in [0.25, 0.3) is 5.91 Å². The maximum Gasteiger partial charge on any atom is 0.270 e. The van der Waals surface area contributed by atoms with Gasteiger partial charge in [-0.25, -0.2) is 4.98 Å². The van der Waals surface area contributed by atoms with Crippen LogP contribution in [-0.4, -0.2) is 49.1 Å². The van der Waals surface area contributed by atoms with Crippen molar-refractivity contribution in [2.75, 3.05) is 37.9 Å². The Kier molecular flexibility index (Phi) is 5.00. The Morgan fingerprint density at radius 1 is 1.32 bits per heavy atom. The molecular weight excluding hydrogens is 408 g/mol. The van der Waals surface area contributed by atoms with Crippen LogP contribution in [0.5, 0.6) is 0 Å². The van der Waals surface area contributed by atoms with Gasteiger partial charge in [0.15, 0.2) is 0 Å². The summed E-state index contributed by atoms with van der Waals surface area (Å²) in [6.07, 6.45) is 0.956. The highest BCUT2D eigenvalue weighted by Gasteiger charge is 2.44. The van der Waals surface area contributed by atoms with Crippen LogP contribution in [0.4, 0.5) is 11.4 Å². The zero-order chi connectivity index (χ0) is 21.9. The molecule has 2 aliphatic heterocycles. The van der Waals surface area contributed by atoms with Gasteiger partial charge in [-0.15, -0.1) is 11.3 Å². The van der Waals surface area contributed by atoms with Crippen molar-refractivity contribution >= 4 is 38.8 Å². The van der Waals surface area contributed by atoms with E-state index in [1.807, 2.05) is 17.9 Å². The Balaban J connectivity index is 1.63. The topological polar surface area (TPSA) is 71.7 Å². The molecule has 7 heteroatoms. The highest BCUT2D eigenvalue weighted by molar-refractivity contribution is 7.21. The van der Waals surface area contributed by atoms with E-state index in [-0.39, 0.29) is 11.9 Å². The standard InChI is InChI=1S/C24H28N4O2S/c1-13-5-6-18-16(9-13)17-11-27(3)8-7-19(17)28(18)24(29)22-21(25)20-15(12-30-4)10-14(2)26-23(20)31-22/h5-6,9-10,17,19H,7-8,11-12,25H2,1-4H3/t17-,19+/m0/s1.